The summed E-state index contributed by atoms with van der Waals surface area (Å²) in [7, 11) is -0.694. The van der Waals surface area contributed by atoms with Gasteiger partial charge in [0.15, 0.2) is 0 Å². The summed E-state index contributed by atoms with van der Waals surface area (Å²) >= 11 is 0. The summed E-state index contributed by atoms with van der Waals surface area (Å²) in [6.45, 7) is 7.06. The van der Waals surface area contributed by atoms with E-state index in [1.165, 1.54) is 6.42 Å². The molecule has 96 valence electrons. The van der Waals surface area contributed by atoms with Gasteiger partial charge in [-0.15, -0.1) is 0 Å². The van der Waals surface area contributed by atoms with Gasteiger partial charge in [0, 0.05) is 35.0 Å². The van der Waals surface area contributed by atoms with Crippen LogP contribution in [0, 0.1) is 5.92 Å². The van der Waals surface area contributed by atoms with Gasteiger partial charge in [0.25, 0.3) is 0 Å². The zero-order valence-corrected chi connectivity index (χ0v) is 11.5. The second-order valence-corrected chi connectivity index (χ2v) is 6.49. The summed E-state index contributed by atoms with van der Waals surface area (Å²) < 4.78 is 16.6. The van der Waals surface area contributed by atoms with Gasteiger partial charge in [-0.05, 0) is 31.7 Å². The lowest BCUT2D eigenvalue weighted by molar-refractivity contribution is 0.176. The SMILES string of the molecule is CCC(NCCC(C)S(C)=O)C1CCOC1. The van der Waals surface area contributed by atoms with Gasteiger partial charge in [-0.2, -0.15) is 0 Å². The average Bonchev–Trinajstić information content (AvgIpc) is 2.77. The molecule has 0 saturated carbocycles. The predicted octanol–water partition coefficient (Wildman–Crippen LogP) is 1.55. The number of hydrogen-bond donors (Lipinski definition) is 1. The first-order chi connectivity index (χ1) is 7.65. The molecule has 4 unspecified atom stereocenters. The van der Waals surface area contributed by atoms with Crippen molar-refractivity contribution in [1.29, 1.82) is 0 Å². The number of ether oxygens (including phenoxy) is 1. The van der Waals surface area contributed by atoms with E-state index in [1.807, 2.05) is 0 Å². The van der Waals surface area contributed by atoms with Gasteiger partial charge in [0.2, 0.25) is 0 Å². The molecule has 0 aromatic carbocycles. The molecule has 0 aliphatic carbocycles. The molecular formula is C12H25NO2S. The zero-order valence-electron chi connectivity index (χ0n) is 10.7. The van der Waals surface area contributed by atoms with Crippen LogP contribution >= 0.6 is 0 Å². The highest BCUT2D eigenvalue weighted by Gasteiger charge is 2.23. The van der Waals surface area contributed by atoms with E-state index in [0.717, 1.165) is 32.6 Å². The van der Waals surface area contributed by atoms with Crippen LogP contribution in [0.3, 0.4) is 0 Å². The van der Waals surface area contributed by atoms with Crippen molar-refractivity contribution in [2.75, 3.05) is 26.0 Å². The van der Waals surface area contributed by atoms with Crippen molar-refractivity contribution in [3.63, 3.8) is 0 Å². The van der Waals surface area contributed by atoms with Gasteiger partial charge in [-0.3, -0.25) is 4.21 Å². The Morgan fingerprint density at radius 3 is 2.81 bits per heavy atom. The van der Waals surface area contributed by atoms with Gasteiger partial charge in [0.05, 0.1) is 6.61 Å². The van der Waals surface area contributed by atoms with E-state index >= 15 is 0 Å². The number of nitrogens with one attached hydrogen (secondary N) is 1. The quantitative estimate of drug-likeness (QED) is 0.742. The molecule has 1 fully saturated rings. The Labute approximate surface area is 102 Å². The van der Waals surface area contributed by atoms with E-state index in [9.17, 15) is 4.21 Å². The Balaban J connectivity index is 2.20. The van der Waals surface area contributed by atoms with Crippen LogP contribution in [0.25, 0.3) is 0 Å². The normalized spacial score (nSPS) is 26.6. The van der Waals surface area contributed by atoms with Crippen molar-refractivity contribution in [2.45, 2.75) is 44.4 Å². The highest BCUT2D eigenvalue weighted by molar-refractivity contribution is 7.84. The van der Waals surface area contributed by atoms with E-state index in [4.69, 9.17) is 4.74 Å². The standard InChI is InChI=1S/C12H25NO2S/c1-4-12(11-6-8-15-9-11)13-7-5-10(2)16(3)14/h10-13H,4-9H2,1-3H3. The first-order valence-corrected chi connectivity index (χ1v) is 7.90. The monoisotopic (exact) mass is 247 g/mol. The smallest absolute Gasteiger partial charge is 0.0509 e. The van der Waals surface area contributed by atoms with E-state index in [1.54, 1.807) is 6.26 Å². The molecule has 1 N–H and O–H groups in total. The Morgan fingerprint density at radius 1 is 1.56 bits per heavy atom. The van der Waals surface area contributed by atoms with Gasteiger partial charge < -0.3 is 10.1 Å². The van der Waals surface area contributed by atoms with Gasteiger partial charge in [-0.25, -0.2) is 0 Å². The zero-order chi connectivity index (χ0) is 12.0. The highest BCUT2D eigenvalue weighted by atomic mass is 32.2. The third-order valence-corrected chi connectivity index (χ3v) is 4.87. The lowest BCUT2D eigenvalue weighted by atomic mass is 9.97. The molecule has 0 radical (unpaired) electrons. The van der Waals surface area contributed by atoms with Crippen LogP contribution in [0.4, 0.5) is 0 Å². The Kier molecular flexibility index (Phi) is 6.54. The summed E-state index contributed by atoms with van der Waals surface area (Å²) in [5.74, 6) is 0.674. The molecule has 1 aliphatic heterocycles. The van der Waals surface area contributed by atoms with Crippen molar-refractivity contribution in [3.05, 3.63) is 0 Å². The molecule has 0 spiro atoms. The molecule has 4 heteroatoms. The molecule has 0 aromatic heterocycles. The van der Waals surface area contributed by atoms with Crippen molar-refractivity contribution < 1.29 is 8.95 Å². The van der Waals surface area contributed by atoms with Crippen LogP contribution in [0.1, 0.15) is 33.1 Å². The molecule has 0 aromatic rings. The molecule has 1 aliphatic rings. The highest BCUT2D eigenvalue weighted by Crippen LogP contribution is 2.18. The van der Waals surface area contributed by atoms with Crippen LogP contribution in [0.2, 0.25) is 0 Å². The average molecular weight is 247 g/mol. The van der Waals surface area contributed by atoms with E-state index in [-0.39, 0.29) is 0 Å². The maximum atomic E-state index is 11.2. The fraction of sp³-hybridized carbons (Fsp3) is 1.00. The van der Waals surface area contributed by atoms with Crippen molar-refractivity contribution >= 4 is 10.8 Å². The third-order valence-electron chi connectivity index (χ3n) is 3.50. The first kappa shape index (κ1) is 14.1. The molecule has 0 bridgehead atoms. The summed E-state index contributed by atoms with van der Waals surface area (Å²) in [5, 5.41) is 3.88. The molecule has 0 amide bonds. The molecule has 3 nitrogen and oxygen atoms in total. The van der Waals surface area contributed by atoms with Crippen molar-refractivity contribution in [1.82, 2.24) is 5.32 Å². The first-order valence-electron chi connectivity index (χ1n) is 6.28. The minimum atomic E-state index is -0.694. The fourth-order valence-electron chi connectivity index (χ4n) is 2.15. The van der Waals surface area contributed by atoms with Gasteiger partial charge in [0.1, 0.15) is 0 Å². The fourth-order valence-corrected chi connectivity index (χ4v) is 2.60. The van der Waals surface area contributed by atoms with Crippen LogP contribution in [0.15, 0.2) is 0 Å². The van der Waals surface area contributed by atoms with E-state index in [2.05, 4.69) is 19.2 Å². The molecular weight excluding hydrogens is 222 g/mol. The van der Waals surface area contributed by atoms with Crippen LogP contribution < -0.4 is 5.32 Å². The maximum Gasteiger partial charge on any atom is 0.0509 e. The number of rotatable bonds is 7. The third kappa shape index (κ3) is 4.52. The Bertz CT molecular complexity index is 217. The summed E-state index contributed by atoms with van der Waals surface area (Å²) in [6.07, 6.45) is 5.11. The topological polar surface area (TPSA) is 38.3 Å². The molecule has 1 saturated heterocycles. The lowest BCUT2D eigenvalue weighted by Gasteiger charge is -2.23. The van der Waals surface area contributed by atoms with Crippen molar-refractivity contribution in [2.24, 2.45) is 5.92 Å². The molecule has 1 heterocycles. The summed E-state index contributed by atoms with van der Waals surface area (Å²) in [5.41, 5.74) is 0. The lowest BCUT2D eigenvalue weighted by Crippen LogP contribution is -2.37. The second-order valence-electron chi connectivity index (χ2n) is 4.69. The van der Waals surface area contributed by atoms with Crippen LogP contribution in [-0.4, -0.2) is 41.5 Å². The van der Waals surface area contributed by atoms with E-state index in [0.29, 0.717) is 17.2 Å². The predicted molar refractivity (Wildman–Crippen MR) is 69.2 cm³/mol. The van der Waals surface area contributed by atoms with Crippen molar-refractivity contribution in [3.8, 4) is 0 Å². The van der Waals surface area contributed by atoms with Gasteiger partial charge >= 0.3 is 0 Å². The van der Waals surface area contributed by atoms with Crippen LogP contribution in [-0.2, 0) is 15.5 Å². The minimum Gasteiger partial charge on any atom is -0.381 e. The maximum absolute atomic E-state index is 11.2. The van der Waals surface area contributed by atoms with Gasteiger partial charge in [-0.1, -0.05) is 13.8 Å². The Hall–Kier alpha value is 0.0700. The Morgan fingerprint density at radius 2 is 2.31 bits per heavy atom. The number of hydrogen-bond acceptors (Lipinski definition) is 3. The molecule has 1 rings (SSSR count). The largest absolute Gasteiger partial charge is 0.381 e. The minimum absolute atomic E-state index is 0.296. The summed E-state index contributed by atoms with van der Waals surface area (Å²) in [6, 6.07) is 0.569. The summed E-state index contributed by atoms with van der Waals surface area (Å²) in [4.78, 5) is 0. The second kappa shape index (κ2) is 7.41. The molecule has 4 atom stereocenters. The van der Waals surface area contributed by atoms with E-state index < -0.39 is 10.8 Å². The van der Waals surface area contributed by atoms with Crippen LogP contribution in [0.5, 0.6) is 0 Å². The molecule has 16 heavy (non-hydrogen) atoms.